The number of carbonyl (C=O) groups is 1. The van der Waals surface area contributed by atoms with Gasteiger partial charge in [0.05, 0.1) is 12.2 Å². The van der Waals surface area contributed by atoms with Crippen LogP contribution in [0.5, 0.6) is 0 Å². The van der Waals surface area contributed by atoms with E-state index in [1.54, 1.807) is 4.90 Å². The Bertz CT molecular complexity index is 484. The molecule has 4 aliphatic rings. The normalized spacial score (nSPS) is 35.8. The van der Waals surface area contributed by atoms with Gasteiger partial charge in [0.1, 0.15) is 5.60 Å². The van der Waals surface area contributed by atoms with Gasteiger partial charge in [-0.05, 0) is 71.9 Å². The van der Waals surface area contributed by atoms with E-state index in [1.165, 1.54) is 0 Å². The maximum absolute atomic E-state index is 12.7. The van der Waals surface area contributed by atoms with Crippen LogP contribution in [-0.2, 0) is 4.74 Å². The molecule has 3 saturated heterocycles. The predicted molar refractivity (Wildman–Crippen MR) is 90.6 cm³/mol. The van der Waals surface area contributed by atoms with Crippen LogP contribution < -0.4 is 5.32 Å². The van der Waals surface area contributed by atoms with Crippen LogP contribution in [0.1, 0.15) is 52.9 Å². The van der Waals surface area contributed by atoms with Gasteiger partial charge in [-0.2, -0.15) is 0 Å². The zero-order valence-electron chi connectivity index (χ0n) is 15.2. The standard InChI is InChI=1S/C18H32N2O4/c1-16(2,3)24-15(22)20-11-13-4-5-14(20)17(10-13,12-21)18(23)6-8-19-9-7-18/h13-14,19,21,23H,4-12H2,1-3H3. The molecule has 3 heterocycles. The van der Waals surface area contributed by atoms with Crippen molar-refractivity contribution in [2.75, 3.05) is 26.2 Å². The van der Waals surface area contributed by atoms with E-state index in [2.05, 4.69) is 5.32 Å². The van der Waals surface area contributed by atoms with Crippen molar-refractivity contribution in [2.45, 2.75) is 70.1 Å². The molecule has 1 amide bonds. The summed E-state index contributed by atoms with van der Waals surface area (Å²) in [5.41, 5.74) is -2.09. The molecule has 3 atom stereocenters. The largest absolute Gasteiger partial charge is 0.444 e. The van der Waals surface area contributed by atoms with Crippen LogP contribution in [-0.4, -0.2) is 64.7 Å². The Morgan fingerprint density at radius 1 is 1.29 bits per heavy atom. The number of nitrogens with zero attached hydrogens (tertiary/aromatic N) is 1. The summed E-state index contributed by atoms with van der Waals surface area (Å²) in [6.45, 7) is 7.70. The predicted octanol–water partition coefficient (Wildman–Crippen LogP) is 1.50. The first-order valence-electron chi connectivity index (χ1n) is 9.24. The smallest absolute Gasteiger partial charge is 0.410 e. The fraction of sp³-hybridized carbons (Fsp3) is 0.944. The highest BCUT2D eigenvalue weighted by Gasteiger charge is 2.62. The number of fused-ring (bicyclic) bond motifs is 3. The van der Waals surface area contributed by atoms with Crippen molar-refractivity contribution in [1.29, 1.82) is 0 Å². The summed E-state index contributed by atoms with van der Waals surface area (Å²) in [6, 6.07) is -0.148. The molecule has 6 heteroatoms. The first-order chi connectivity index (χ1) is 11.2. The summed E-state index contributed by atoms with van der Waals surface area (Å²) in [5, 5.41) is 25.1. The number of aliphatic hydroxyl groups is 2. The van der Waals surface area contributed by atoms with Gasteiger partial charge in [0, 0.05) is 18.0 Å². The average Bonchev–Trinajstić information content (AvgIpc) is 2.54. The molecule has 24 heavy (non-hydrogen) atoms. The molecule has 0 aromatic carbocycles. The van der Waals surface area contributed by atoms with E-state index in [9.17, 15) is 15.0 Å². The molecule has 0 aromatic rings. The zero-order valence-corrected chi connectivity index (χ0v) is 15.2. The lowest BCUT2D eigenvalue weighted by molar-refractivity contribution is -0.203. The van der Waals surface area contributed by atoms with Crippen LogP contribution in [0.15, 0.2) is 0 Å². The van der Waals surface area contributed by atoms with Gasteiger partial charge in [0.25, 0.3) is 0 Å². The maximum Gasteiger partial charge on any atom is 0.410 e. The molecule has 0 radical (unpaired) electrons. The number of amides is 1. The zero-order chi connectivity index (χ0) is 17.6. The molecule has 2 bridgehead atoms. The third kappa shape index (κ3) is 2.93. The Kier molecular flexibility index (Phi) is 4.60. The van der Waals surface area contributed by atoms with Gasteiger partial charge >= 0.3 is 6.09 Å². The van der Waals surface area contributed by atoms with Crippen molar-refractivity contribution >= 4 is 6.09 Å². The van der Waals surface area contributed by atoms with Gasteiger partial charge < -0.3 is 25.2 Å². The van der Waals surface area contributed by atoms with Crippen LogP contribution in [0, 0.1) is 11.3 Å². The van der Waals surface area contributed by atoms with E-state index in [-0.39, 0.29) is 18.7 Å². The Morgan fingerprint density at radius 3 is 2.50 bits per heavy atom. The Hall–Kier alpha value is -0.850. The van der Waals surface area contributed by atoms with Crippen molar-refractivity contribution in [3.8, 4) is 0 Å². The SMILES string of the molecule is CC(C)(C)OC(=O)N1CC2CCC1C(CO)(C1(O)CCNCC1)C2. The molecule has 6 nitrogen and oxygen atoms in total. The number of ether oxygens (including phenoxy) is 1. The number of piperidine rings is 3. The maximum atomic E-state index is 12.7. The second-order valence-corrected chi connectivity index (χ2v) is 8.89. The quantitative estimate of drug-likeness (QED) is 0.710. The molecule has 4 fully saturated rings. The van der Waals surface area contributed by atoms with Gasteiger partial charge in [0.15, 0.2) is 0 Å². The summed E-state index contributed by atoms with van der Waals surface area (Å²) in [4.78, 5) is 14.5. The Balaban J connectivity index is 1.89. The highest BCUT2D eigenvalue weighted by Crippen LogP contribution is 2.55. The first-order valence-corrected chi connectivity index (χ1v) is 9.24. The van der Waals surface area contributed by atoms with Gasteiger partial charge in [0.2, 0.25) is 0 Å². The second kappa shape index (κ2) is 6.15. The molecule has 3 unspecified atom stereocenters. The van der Waals surface area contributed by atoms with E-state index >= 15 is 0 Å². The molecule has 0 aromatic heterocycles. The number of hydrogen-bond donors (Lipinski definition) is 3. The van der Waals surface area contributed by atoms with E-state index < -0.39 is 16.6 Å². The lowest BCUT2D eigenvalue weighted by Crippen LogP contribution is -2.71. The van der Waals surface area contributed by atoms with Crippen LogP contribution in [0.2, 0.25) is 0 Å². The number of rotatable bonds is 2. The lowest BCUT2D eigenvalue weighted by atomic mass is 9.53. The van der Waals surface area contributed by atoms with Crippen molar-refractivity contribution in [1.82, 2.24) is 10.2 Å². The second-order valence-electron chi connectivity index (χ2n) is 8.89. The first kappa shape index (κ1) is 18.0. The average molecular weight is 340 g/mol. The van der Waals surface area contributed by atoms with Crippen LogP contribution in [0.4, 0.5) is 4.79 Å². The third-order valence-corrected chi connectivity index (χ3v) is 6.24. The summed E-state index contributed by atoms with van der Waals surface area (Å²) in [6.07, 6.45) is 3.62. The minimum Gasteiger partial charge on any atom is -0.444 e. The molecule has 1 aliphatic carbocycles. The van der Waals surface area contributed by atoms with Crippen LogP contribution in [0.25, 0.3) is 0 Å². The molecule has 3 N–H and O–H groups in total. The molecule has 4 rings (SSSR count). The number of hydrogen-bond acceptors (Lipinski definition) is 5. The van der Waals surface area contributed by atoms with Gasteiger partial charge in [-0.15, -0.1) is 0 Å². The Labute approximate surface area is 144 Å². The lowest BCUT2D eigenvalue weighted by Gasteiger charge is -2.62. The number of nitrogens with one attached hydrogen (secondary N) is 1. The van der Waals surface area contributed by atoms with Crippen molar-refractivity contribution in [2.24, 2.45) is 11.3 Å². The summed E-state index contributed by atoms with van der Waals surface area (Å²) in [5.74, 6) is 0.327. The third-order valence-electron chi connectivity index (χ3n) is 6.24. The molecule has 0 spiro atoms. The summed E-state index contributed by atoms with van der Waals surface area (Å²) >= 11 is 0. The van der Waals surface area contributed by atoms with Crippen molar-refractivity contribution < 1.29 is 19.7 Å². The monoisotopic (exact) mass is 340 g/mol. The Morgan fingerprint density at radius 2 is 1.96 bits per heavy atom. The summed E-state index contributed by atoms with van der Waals surface area (Å²) in [7, 11) is 0. The molecule has 138 valence electrons. The van der Waals surface area contributed by atoms with Crippen molar-refractivity contribution in [3.63, 3.8) is 0 Å². The highest BCUT2D eigenvalue weighted by molar-refractivity contribution is 5.69. The van der Waals surface area contributed by atoms with Crippen LogP contribution >= 0.6 is 0 Å². The molecular formula is C18H32N2O4. The van der Waals surface area contributed by atoms with E-state index in [0.29, 0.717) is 25.3 Å². The number of carbonyl (C=O) groups excluding carboxylic acids is 1. The number of aliphatic hydroxyl groups excluding tert-OH is 1. The van der Waals surface area contributed by atoms with Crippen LogP contribution in [0.3, 0.4) is 0 Å². The van der Waals surface area contributed by atoms with Crippen molar-refractivity contribution in [3.05, 3.63) is 0 Å². The molecular weight excluding hydrogens is 308 g/mol. The van der Waals surface area contributed by atoms with Gasteiger partial charge in [-0.25, -0.2) is 4.79 Å². The van der Waals surface area contributed by atoms with Gasteiger partial charge in [-0.3, -0.25) is 0 Å². The summed E-state index contributed by atoms with van der Waals surface area (Å²) < 4.78 is 5.60. The van der Waals surface area contributed by atoms with E-state index in [4.69, 9.17) is 4.74 Å². The molecule has 3 aliphatic heterocycles. The molecule has 1 saturated carbocycles. The highest BCUT2D eigenvalue weighted by atomic mass is 16.6. The topological polar surface area (TPSA) is 82.0 Å². The van der Waals surface area contributed by atoms with E-state index in [0.717, 1.165) is 32.4 Å². The fourth-order valence-corrected chi connectivity index (χ4v) is 5.12. The minimum absolute atomic E-state index is 0.0794. The fourth-order valence-electron chi connectivity index (χ4n) is 5.12. The van der Waals surface area contributed by atoms with E-state index in [1.807, 2.05) is 20.8 Å². The van der Waals surface area contributed by atoms with Gasteiger partial charge in [-0.1, -0.05) is 0 Å². The minimum atomic E-state index is -0.920.